The molecule has 0 aliphatic carbocycles. The number of unbranched alkanes of at least 4 members (excludes halogenated alkanes) is 1. The molecule has 0 radical (unpaired) electrons. The summed E-state index contributed by atoms with van der Waals surface area (Å²) >= 11 is 0. The van der Waals surface area contributed by atoms with E-state index < -0.39 is 51.9 Å². The topological polar surface area (TPSA) is 323 Å². The highest BCUT2D eigenvalue weighted by Gasteiger charge is 2.30. The van der Waals surface area contributed by atoms with Crippen molar-refractivity contribution in [2.45, 2.75) is 117 Å². The molecule has 8 rings (SSSR count). The SMILES string of the molecule is CCCCC(Oc1ccc(C(C)(C)CC)cc1C(C)(C)CC)C(=O)Nc1ccc(NC(=O)Nc2ccc(F)cc2)c(O)c1.COc1ccc(OC(C)C(=O)Nc2ccc(NC(=O)Nc3ccc(C#N)cc3)c(O)c2)cc1.O=C(N1CCOCC1)[n+]1ccc(CCS(=O)(=O)[O-])cc1. The van der Waals surface area contributed by atoms with E-state index in [0.717, 1.165) is 31.2 Å². The van der Waals surface area contributed by atoms with Crippen LogP contribution in [0, 0.1) is 17.1 Å². The van der Waals surface area contributed by atoms with Crippen LogP contribution in [0.4, 0.5) is 52.9 Å². The number of anilines is 6. The van der Waals surface area contributed by atoms with Gasteiger partial charge < -0.3 is 65.6 Å². The van der Waals surface area contributed by atoms with Crippen molar-refractivity contribution in [1.29, 1.82) is 5.26 Å². The highest BCUT2D eigenvalue weighted by molar-refractivity contribution is 7.85. The Morgan fingerprint density at radius 3 is 1.70 bits per heavy atom. The van der Waals surface area contributed by atoms with E-state index in [1.54, 1.807) is 98.1 Å². The van der Waals surface area contributed by atoms with Crippen molar-refractivity contribution in [2.75, 3.05) is 71.1 Å². The number of phenolic OH excluding ortho intramolecular Hbond substituents is 2. The molecule has 510 valence electrons. The van der Waals surface area contributed by atoms with Gasteiger partial charge in [0.1, 0.15) is 47.7 Å². The fourth-order valence-electron chi connectivity index (χ4n) is 9.22. The van der Waals surface area contributed by atoms with Crippen LogP contribution in [0.25, 0.3) is 0 Å². The molecule has 1 aliphatic rings. The molecule has 7 amide bonds. The van der Waals surface area contributed by atoms with Crippen molar-refractivity contribution in [1.82, 2.24) is 4.90 Å². The van der Waals surface area contributed by atoms with E-state index in [1.165, 1.54) is 64.7 Å². The van der Waals surface area contributed by atoms with Crippen molar-refractivity contribution >= 4 is 74.2 Å². The Bertz CT molecular complexity index is 3920. The van der Waals surface area contributed by atoms with Crippen molar-refractivity contribution in [2.24, 2.45) is 0 Å². The van der Waals surface area contributed by atoms with Gasteiger partial charge in [-0.1, -0.05) is 67.0 Å². The number of amides is 7. The number of ether oxygens (including phenoxy) is 4. The molecule has 23 nitrogen and oxygen atoms in total. The molecule has 7 aromatic rings. The molecule has 0 spiro atoms. The molecule has 2 heterocycles. The van der Waals surface area contributed by atoms with E-state index in [2.05, 4.69) is 92.5 Å². The minimum Gasteiger partial charge on any atom is -0.748 e. The maximum Gasteiger partial charge on any atom is 0.498 e. The van der Waals surface area contributed by atoms with Gasteiger partial charge in [-0.25, -0.2) is 27.3 Å². The smallest absolute Gasteiger partial charge is 0.498 e. The number of halogens is 1. The molecule has 8 N–H and O–H groups in total. The van der Waals surface area contributed by atoms with Crippen LogP contribution < -0.4 is 50.7 Å². The molecular weight excluding hydrogens is 1250 g/mol. The third-order valence-corrected chi connectivity index (χ3v) is 16.5. The number of hydrogen-bond acceptors (Lipinski definition) is 15. The van der Waals surface area contributed by atoms with E-state index in [9.17, 15) is 51.5 Å². The minimum absolute atomic E-state index is 0.0146. The summed E-state index contributed by atoms with van der Waals surface area (Å²) in [5.41, 5.74) is 5.25. The number of nitrogens with zero attached hydrogens (tertiary/aromatic N) is 3. The average molecular weight is 1340 g/mol. The van der Waals surface area contributed by atoms with Gasteiger partial charge in [0.15, 0.2) is 12.2 Å². The molecule has 1 aliphatic heterocycles. The zero-order valence-electron chi connectivity index (χ0n) is 55.3. The van der Waals surface area contributed by atoms with Crippen LogP contribution in [0.3, 0.4) is 0 Å². The van der Waals surface area contributed by atoms with Gasteiger partial charge >= 0.3 is 18.1 Å². The number of aromatic nitrogens is 1. The lowest BCUT2D eigenvalue weighted by atomic mass is 9.76. The molecule has 2 unspecified atom stereocenters. The zero-order valence-corrected chi connectivity index (χ0v) is 56.1. The molecule has 2 atom stereocenters. The summed E-state index contributed by atoms with van der Waals surface area (Å²) in [6.07, 6.45) is 5.93. The van der Waals surface area contributed by atoms with Crippen molar-refractivity contribution < 1.29 is 75.1 Å². The summed E-state index contributed by atoms with van der Waals surface area (Å²) in [7, 11) is -2.65. The molecule has 1 fully saturated rings. The Hall–Kier alpha value is -10.3. The van der Waals surface area contributed by atoms with Crippen molar-refractivity contribution in [3.63, 3.8) is 0 Å². The number of phenols is 2. The summed E-state index contributed by atoms with van der Waals surface area (Å²) < 4.78 is 68.6. The lowest BCUT2D eigenvalue weighted by Crippen LogP contribution is -2.55. The van der Waals surface area contributed by atoms with Crippen molar-refractivity contribution in [3.05, 3.63) is 180 Å². The van der Waals surface area contributed by atoms with E-state index in [-0.39, 0.29) is 52.1 Å². The van der Waals surface area contributed by atoms with Crippen LogP contribution in [0.1, 0.15) is 110 Å². The quantitative estimate of drug-likeness (QED) is 0.0168. The Kier molecular flexibility index (Phi) is 27.5. The number of aryl methyl sites for hydroxylation is 1. The van der Waals surface area contributed by atoms with Crippen LogP contribution in [-0.2, 0) is 41.7 Å². The number of nitriles is 1. The Labute approximate surface area is 559 Å². The first-order chi connectivity index (χ1) is 45.6. The fraction of sp³-hybridized carbons (Fsp3) is 0.338. The summed E-state index contributed by atoms with van der Waals surface area (Å²) in [6, 6.07) is 37.5. The van der Waals surface area contributed by atoms with E-state index in [1.807, 2.05) is 12.1 Å². The van der Waals surface area contributed by atoms with Gasteiger partial charge in [-0.3, -0.25) is 9.59 Å². The number of aromatic hydroxyl groups is 2. The second-order valence-corrected chi connectivity index (χ2v) is 25.2. The summed E-state index contributed by atoms with van der Waals surface area (Å²) in [6.45, 7) is 19.0. The second-order valence-electron chi connectivity index (χ2n) is 23.7. The number of pyridine rings is 1. The van der Waals surface area contributed by atoms with Crippen LogP contribution in [0.15, 0.2) is 152 Å². The van der Waals surface area contributed by atoms with Gasteiger partial charge in [-0.2, -0.15) is 14.6 Å². The molecule has 0 bridgehead atoms. The van der Waals surface area contributed by atoms with Gasteiger partial charge in [0, 0.05) is 46.2 Å². The first-order valence-electron chi connectivity index (χ1n) is 31.3. The fourth-order valence-corrected chi connectivity index (χ4v) is 9.70. The number of urea groups is 2. The van der Waals surface area contributed by atoms with E-state index >= 15 is 0 Å². The summed E-state index contributed by atoms with van der Waals surface area (Å²) in [4.78, 5) is 64.2. The number of rotatable bonds is 23. The lowest BCUT2D eigenvalue weighted by molar-refractivity contribution is -0.578. The molecule has 1 saturated heterocycles. The Balaban J connectivity index is 0.000000243. The van der Waals surface area contributed by atoms with Gasteiger partial charge in [-0.15, -0.1) is 0 Å². The third kappa shape index (κ3) is 23.3. The number of nitrogens with one attached hydrogen (secondary N) is 6. The molecule has 6 aromatic carbocycles. The van der Waals surface area contributed by atoms with Crippen LogP contribution in [0.5, 0.6) is 28.7 Å². The van der Waals surface area contributed by atoms with E-state index in [4.69, 9.17) is 24.2 Å². The molecule has 1 aromatic heterocycles. The van der Waals surface area contributed by atoms with Crippen molar-refractivity contribution in [3.8, 4) is 34.8 Å². The standard InChI is InChI=1S/C35H46FN3O4.C24H22N4O5.C12H16N2O5S/c1-8-11-12-31(43-30-20-13-23(34(4,5)9-2)21-27(30)35(6,7)10-3)32(41)37-26-18-19-28(29(40)22-26)39-33(42)38-25-16-14-24(36)15-17-25;1-15(33-20-10-8-19(32-2)9-11-20)23(30)26-18-7-12-21(22(29)13-18)28-24(31)27-17-5-3-16(14-25)4-6-17;15-12(14-6-8-19-9-7-14)13-4-1-11(2-5-13)3-10-20(16,17)18/h13-22,31,40H,8-12H2,1-7H3,(H,37,41)(H2,38,39,42);3-13,15,29H,1-2H3,(H,26,30)(H2,27,28,31);1-2,4-5H,3,6-10H2. The first-order valence-corrected chi connectivity index (χ1v) is 32.8. The molecule has 0 saturated carbocycles. The van der Waals surface area contributed by atoms with E-state index in [0.29, 0.717) is 83.8 Å². The third-order valence-electron chi connectivity index (χ3n) is 15.8. The van der Waals surface area contributed by atoms with Crippen LogP contribution in [0.2, 0.25) is 0 Å². The maximum atomic E-state index is 13.5. The van der Waals surface area contributed by atoms with Gasteiger partial charge in [-0.05, 0) is 176 Å². The molecule has 25 heteroatoms. The molecular formula is C71H84FN9O14S. The maximum absolute atomic E-state index is 13.5. The number of benzene rings is 6. The number of hydrogen-bond donors (Lipinski definition) is 8. The summed E-state index contributed by atoms with van der Waals surface area (Å²) in [5, 5.41) is 45.4. The van der Waals surface area contributed by atoms with Gasteiger partial charge in [0.05, 0.1) is 65.8 Å². The number of carbonyl (C=O) groups is 5. The first kappa shape index (κ1) is 74.7. The highest BCUT2D eigenvalue weighted by Crippen LogP contribution is 2.40. The summed E-state index contributed by atoms with van der Waals surface area (Å²) in [5.74, 6) is -0.149. The molecule has 96 heavy (non-hydrogen) atoms. The van der Waals surface area contributed by atoms with Crippen LogP contribution >= 0.6 is 0 Å². The minimum atomic E-state index is -4.21. The number of carbonyl (C=O) groups excluding carboxylic acids is 5. The number of morpholine rings is 1. The highest BCUT2D eigenvalue weighted by atomic mass is 32.2. The predicted molar refractivity (Wildman–Crippen MR) is 365 cm³/mol. The average Bonchev–Trinajstić information content (AvgIpc) is 0.800. The van der Waals surface area contributed by atoms with Gasteiger partial charge in [0.25, 0.3) is 11.8 Å². The number of methoxy groups -OCH3 is 1. The Morgan fingerprint density at radius 2 is 1.20 bits per heavy atom. The predicted octanol–water partition coefficient (Wildman–Crippen LogP) is 12.8. The zero-order chi connectivity index (χ0) is 70.2. The monoisotopic (exact) mass is 1340 g/mol. The Morgan fingerprint density at radius 1 is 0.677 bits per heavy atom. The largest absolute Gasteiger partial charge is 0.748 e. The lowest BCUT2D eigenvalue weighted by Gasteiger charge is -2.31. The normalized spacial score (nSPS) is 12.7. The van der Waals surface area contributed by atoms with Crippen LogP contribution in [-0.4, -0.2) is 109 Å². The second kappa shape index (κ2) is 35.3. The van der Waals surface area contributed by atoms with Gasteiger partial charge in [0.2, 0.25) is 0 Å².